The summed E-state index contributed by atoms with van der Waals surface area (Å²) in [5, 5.41) is 8.26. The standard InChI is InChI=1S/C17H23FN4O3S/c1-10-6-13(24-9-15-21-20-12(3)25-15)4-5-22(10)8-14-17(18)19-16(26-14)7-11(2)23/h10,13H,4-9H2,1-3H3/t10-,13-/m0/s1. The lowest BCUT2D eigenvalue weighted by Gasteiger charge is -2.37. The van der Waals surface area contributed by atoms with Crippen molar-refractivity contribution in [2.24, 2.45) is 0 Å². The molecule has 1 aliphatic rings. The molecule has 2 aromatic heterocycles. The Hall–Kier alpha value is -1.71. The van der Waals surface area contributed by atoms with Crippen molar-refractivity contribution in [3.05, 3.63) is 27.6 Å². The summed E-state index contributed by atoms with van der Waals surface area (Å²) in [6, 6.07) is 0.260. The van der Waals surface area contributed by atoms with Gasteiger partial charge in [0.05, 0.1) is 17.4 Å². The van der Waals surface area contributed by atoms with Crippen molar-refractivity contribution < 1.29 is 18.3 Å². The average molecular weight is 382 g/mol. The molecule has 2 aromatic rings. The molecule has 26 heavy (non-hydrogen) atoms. The van der Waals surface area contributed by atoms with E-state index in [-0.39, 0.29) is 24.3 Å². The molecule has 1 saturated heterocycles. The number of carbonyl (C=O) groups is 1. The maximum atomic E-state index is 14.0. The zero-order valence-corrected chi connectivity index (χ0v) is 16.0. The first kappa shape index (κ1) is 19.1. The fraction of sp³-hybridized carbons (Fsp3) is 0.647. The highest BCUT2D eigenvalue weighted by Crippen LogP contribution is 2.26. The zero-order chi connectivity index (χ0) is 18.7. The second-order valence-electron chi connectivity index (χ2n) is 6.69. The number of halogens is 1. The van der Waals surface area contributed by atoms with Crippen LogP contribution in [0.25, 0.3) is 0 Å². The summed E-state index contributed by atoms with van der Waals surface area (Å²) < 4.78 is 25.2. The van der Waals surface area contributed by atoms with Crippen LogP contribution in [0.15, 0.2) is 4.42 Å². The van der Waals surface area contributed by atoms with Gasteiger partial charge in [-0.15, -0.1) is 21.5 Å². The van der Waals surface area contributed by atoms with E-state index >= 15 is 0 Å². The Morgan fingerprint density at radius 1 is 1.46 bits per heavy atom. The Kier molecular flexibility index (Phi) is 6.10. The van der Waals surface area contributed by atoms with Crippen LogP contribution in [-0.4, -0.2) is 44.6 Å². The number of ketones is 1. The van der Waals surface area contributed by atoms with E-state index < -0.39 is 5.95 Å². The van der Waals surface area contributed by atoms with Gasteiger partial charge in [-0.1, -0.05) is 0 Å². The molecule has 1 aliphatic heterocycles. The van der Waals surface area contributed by atoms with Crippen LogP contribution in [0.3, 0.4) is 0 Å². The number of thiazole rings is 1. The van der Waals surface area contributed by atoms with E-state index in [1.165, 1.54) is 18.3 Å². The third kappa shape index (κ3) is 4.93. The van der Waals surface area contributed by atoms with Crippen LogP contribution in [-0.2, 0) is 29.1 Å². The molecule has 9 heteroatoms. The molecule has 3 rings (SSSR count). The van der Waals surface area contributed by atoms with Crippen molar-refractivity contribution in [3.63, 3.8) is 0 Å². The first-order valence-electron chi connectivity index (χ1n) is 8.69. The normalized spacial score (nSPS) is 21.2. The first-order chi connectivity index (χ1) is 12.4. The number of nitrogens with zero attached hydrogens (tertiary/aromatic N) is 4. The van der Waals surface area contributed by atoms with E-state index in [4.69, 9.17) is 9.15 Å². The summed E-state index contributed by atoms with van der Waals surface area (Å²) in [5.41, 5.74) is 0. The average Bonchev–Trinajstić information content (AvgIpc) is 3.13. The molecule has 7 nitrogen and oxygen atoms in total. The van der Waals surface area contributed by atoms with E-state index in [1.54, 1.807) is 6.92 Å². The maximum Gasteiger partial charge on any atom is 0.242 e. The smallest absolute Gasteiger partial charge is 0.242 e. The van der Waals surface area contributed by atoms with E-state index in [9.17, 15) is 9.18 Å². The van der Waals surface area contributed by atoms with Crippen LogP contribution in [0.5, 0.6) is 0 Å². The molecule has 0 amide bonds. The third-order valence-corrected chi connectivity index (χ3v) is 5.43. The van der Waals surface area contributed by atoms with Crippen molar-refractivity contribution in [2.45, 2.75) is 65.3 Å². The summed E-state index contributed by atoms with van der Waals surface area (Å²) in [5.74, 6) is 0.557. The molecule has 0 unspecified atom stereocenters. The molecule has 0 aliphatic carbocycles. The Labute approximate surface area is 155 Å². The van der Waals surface area contributed by atoms with Crippen molar-refractivity contribution >= 4 is 17.1 Å². The molecule has 0 saturated carbocycles. The van der Waals surface area contributed by atoms with E-state index in [1.807, 2.05) is 0 Å². The summed E-state index contributed by atoms with van der Waals surface area (Å²) in [6.45, 7) is 6.99. The Morgan fingerprint density at radius 2 is 2.27 bits per heavy atom. The molecule has 2 atom stereocenters. The van der Waals surface area contributed by atoms with E-state index in [0.29, 0.717) is 34.8 Å². The number of likely N-dealkylation sites (tertiary alicyclic amines) is 1. The number of aromatic nitrogens is 3. The Balaban J connectivity index is 1.51. The van der Waals surface area contributed by atoms with Crippen LogP contribution in [0, 0.1) is 12.9 Å². The predicted octanol–water partition coefficient (Wildman–Crippen LogP) is 2.67. The molecule has 0 aromatic carbocycles. The molecule has 1 fully saturated rings. The number of rotatable bonds is 7. The van der Waals surface area contributed by atoms with Crippen LogP contribution in [0.4, 0.5) is 4.39 Å². The highest BCUT2D eigenvalue weighted by molar-refractivity contribution is 7.11. The van der Waals surface area contributed by atoms with Crippen LogP contribution < -0.4 is 0 Å². The van der Waals surface area contributed by atoms with Gasteiger partial charge in [0, 0.05) is 26.1 Å². The van der Waals surface area contributed by atoms with Gasteiger partial charge in [-0.25, -0.2) is 4.98 Å². The number of carbonyl (C=O) groups excluding carboxylic acids is 1. The summed E-state index contributed by atoms with van der Waals surface area (Å²) in [6.07, 6.45) is 2.03. The van der Waals surface area contributed by atoms with Gasteiger partial charge in [-0.2, -0.15) is 4.39 Å². The first-order valence-corrected chi connectivity index (χ1v) is 9.50. The minimum Gasteiger partial charge on any atom is -0.423 e. The van der Waals surface area contributed by atoms with E-state index in [0.717, 1.165) is 19.4 Å². The molecule has 0 spiro atoms. The lowest BCUT2D eigenvalue weighted by atomic mass is 10.0. The second kappa shape index (κ2) is 8.32. The van der Waals surface area contributed by atoms with Gasteiger partial charge in [-0.3, -0.25) is 9.69 Å². The SMILES string of the molecule is CC(=O)Cc1nc(F)c(CN2CC[C@H](OCc3nnc(C)o3)C[C@@H]2C)s1. The lowest BCUT2D eigenvalue weighted by molar-refractivity contribution is -0.116. The minimum atomic E-state index is -0.455. The second-order valence-corrected chi connectivity index (χ2v) is 7.86. The number of piperidine rings is 1. The topological polar surface area (TPSA) is 81.4 Å². The van der Waals surface area contributed by atoms with Crippen molar-refractivity contribution in [3.8, 4) is 0 Å². The van der Waals surface area contributed by atoms with Gasteiger partial charge in [0.2, 0.25) is 17.7 Å². The van der Waals surface area contributed by atoms with Gasteiger partial charge < -0.3 is 9.15 Å². The lowest BCUT2D eigenvalue weighted by Crippen LogP contribution is -2.42. The highest BCUT2D eigenvalue weighted by atomic mass is 32.1. The minimum absolute atomic E-state index is 0.00642. The van der Waals surface area contributed by atoms with Crippen LogP contribution in [0.1, 0.15) is 48.4 Å². The summed E-state index contributed by atoms with van der Waals surface area (Å²) >= 11 is 1.29. The monoisotopic (exact) mass is 382 g/mol. The van der Waals surface area contributed by atoms with Crippen LogP contribution >= 0.6 is 11.3 Å². The quantitative estimate of drug-likeness (QED) is 0.728. The van der Waals surface area contributed by atoms with E-state index in [2.05, 4.69) is 27.0 Å². The van der Waals surface area contributed by atoms with Gasteiger partial charge >= 0.3 is 0 Å². The van der Waals surface area contributed by atoms with Crippen LogP contribution in [0.2, 0.25) is 0 Å². The fourth-order valence-corrected chi connectivity index (χ4v) is 4.14. The molecule has 0 radical (unpaired) electrons. The van der Waals surface area contributed by atoms with Gasteiger partial charge in [0.25, 0.3) is 0 Å². The van der Waals surface area contributed by atoms with Crippen molar-refractivity contribution in [1.82, 2.24) is 20.1 Å². The maximum absolute atomic E-state index is 14.0. The highest BCUT2D eigenvalue weighted by Gasteiger charge is 2.28. The largest absolute Gasteiger partial charge is 0.423 e. The molecule has 142 valence electrons. The number of Topliss-reactive ketones (excluding diaryl/α,β-unsaturated/α-hetero) is 1. The number of ether oxygens (including phenoxy) is 1. The van der Waals surface area contributed by atoms with Gasteiger partial charge in [-0.05, 0) is 26.7 Å². The number of aryl methyl sites for hydroxylation is 1. The number of hydrogen-bond acceptors (Lipinski definition) is 8. The third-order valence-electron chi connectivity index (χ3n) is 4.42. The molecule has 3 heterocycles. The van der Waals surface area contributed by atoms with Gasteiger partial charge in [0.15, 0.2) is 0 Å². The predicted molar refractivity (Wildman–Crippen MR) is 93.2 cm³/mol. The molecule has 0 bridgehead atoms. The number of hydrogen-bond donors (Lipinski definition) is 0. The molecular weight excluding hydrogens is 359 g/mol. The van der Waals surface area contributed by atoms with Crippen molar-refractivity contribution in [2.75, 3.05) is 6.54 Å². The summed E-state index contributed by atoms with van der Waals surface area (Å²) in [4.78, 5) is 17.9. The molecular formula is C17H23FN4O3S. The Bertz CT molecular complexity index is 763. The fourth-order valence-electron chi connectivity index (χ4n) is 3.10. The zero-order valence-electron chi connectivity index (χ0n) is 15.2. The molecule has 0 N–H and O–H groups in total. The summed E-state index contributed by atoms with van der Waals surface area (Å²) in [7, 11) is 0. The van der Waals surface area contributed by atoms with Gasteiger partial charge in [0.1, 0.15) is 17.4 Å². The Morgan fingerprint density at radius 3 is 2.92 bits per heavy atom. The van der Waals surface area contributed by atoms with Crippen molar-refractivity contribution in [1.29, 1.82) is 0 Å².